The summed E-state index contributed by atoms with van der Waals surface area (Å²) in [6.07, 6.45) is 2.79. The highest BCUT2D eigenvalue weighted by atomic mass is 14.7. The molecule has 0 aromatic carbocycles. The molecule has 0 aliphatic carbocycles. The van der Waals surface area contributed by atoms with E-state index >= 15 is 0 Å². The van der Waals surface area contributed by atoms with E-state index in [0.29, 0.717) is 5.57 Å². The lowest BCUT2D eigenvalue weighted by atomic mass is 10.2. The van der Waals surface area contributed by atoms with Gasteiger partial charge in [-0.2, -0.15) is 0 Å². The third-order valence-electron chi connectivity index (χ3n) is 1.03. The number of hydrogen-bond acceptors (Lipinski definition) is 2. The fraction of sp³-hybridized carbons (Fsp3) is 0.143. The Hall–Kier alpha value is -1.18. The Morgan fingerprint density at radius 3 is 2.33 bits per heavy atom. The van der Waals surface area contributed by atoms with Gasteiger partial charge in [0.15, 0.2) is 0 Å². The molecule has 2 nitrogen and oxygen atoms in total. The van der Waals surface area contributed by atoms with Gasteiger partial charge in [0.05, 0.1) is 0 Å². The van der Waals surface area contributed by atoms with Gasteiger partial charge in [0.25, 0.3) is 0 Å². The van der Waals surface area contributed by atoms with Crippen LogP contribution in [0.1, 0.15) is 6.92 Å². The van der Waals surface area contributed by atoms with Crippen LogP contribution < -0.4 is 0 Å². The van der Waals surface area contributed by atoms with Gasteiger partial charge in [-0.15, -0.1) is 0 Å². The van der Waals surface area contributed by atoms with E-state index in [4.69, 9.17) is 5.41 Å². The van der Waals surface area contributed by atoms with Crippen LogP contribution in [0.25, 0.3) is 0 Å². The van der Waals surface area contributed by atoms with Crippen molar-refractivity contribution in [3.63, 3.8) is 0 Å². The lowest BCUT2D eigenvalue weighted by Gasteiger charge is -1.92. The standard InChI is InChI=1S/C7H10N2/c1-4-7(5-8)6(2)9-3/h4-5,8H,1,3H2,2H3/b7-6+,8-5?. The van der Waals surface area contributed by atoms with E-state index in [2.05, 4.69) is 18.3 Å². The van der Waals surface area contributed by atoms with Gasteiger partial charge in [-0.3, -0.25) is 4.99 Å². The van der Waals surface area contributed by atoms with Gasteiger partial charge in [-0.1, -0.05) is 12.7 Å². The molecule has 0 amide bonds. The molecule has 0 rings (SSSR count). The maximum atomic E-state index is 6.85. The van der Waals surface area contributed by atoms with Crippen molar-refractivity contribution in [2.45, 2.75) is 6.92 Å². The molecular formula is C7H10N2. The molecule has 2 heteroatoms. The molecule has 0 aliphatic rings. The Kier molecular flexibility index (Phi) is 3.28. The van der Waals surface area contributed by atoms with Crippen molar-refractivity contribution < 1.29 is 0 Å². The number of aliphatic imine (C=N–C) groups is 1. The van der Waals surface area contributed by atoms with Crippen molar-refractivity contribution in [1.82, 2.24) is 0 Å². The normalized spacial score (nSPS) is 11.7. The van der Waals surface area contributed by atoms with Crippen LogP contribution in [0, 0.1) is 5.41 Å². The molecule has 0 fully saturated rings. The fourth-order valence-electron chi connectivity index (χ4n) is 0.402. The van der Waals surface area contributed by atoms with Crippen LogP contribution in [-0.2, 0) is 0 Å². The molecule has 48 valence electrons. The summed E-state index contributed by atoms with van der Waals surface area (Å²) >= 11 is 0. The molecule has 0 heterocycles. The molecule has 0 unspecified atom stereocenters. The maximum absolute atomic E-state index is 6.85. The van der Waals surface area contributed by atoms with Crippen LogP contribution in [0.15, 0.2) is 28.9 Å². The zero-order valence-electron chi connectivity index (χ0n) is 5.52. The largest absolute Gasteiger partial charge is 0.308 e. The van der Waals surface area contributed by atoms with Crippen molar-refractivity contribution in [1.29, 1.82) is 5.41 Å². The molecule has 0 saturated heterocycles. The molecule has 0 radical (unpaired) electrons. The second-order valence-corrected chi connectivity index (χ2v) is 1.55. The maximum Gasteiger partial charge on any atom is 0.0452 e. The fourth-order valence-corrected chi connectivity index (χ4v) is 0.402. The summed E-state index contributed by atoms with van der Waals surface area (Å²) < 4.78 is 0. The first-order valence-electron chi connectivity index (χ1n) is 2.56. The van der Waals surface area contributed by atoms with E-state index in [1.807, 2.05) is 0 Å². The SMILES string of the molecule is C=C/C(C=N)=C(/C)N=C. The van der Waals surface area contributed by atoms with E-state index < -0.39 is 0 Å². The van der Waals surface area contributed by atoms with E-state index in [9.17, 15) is 0 Å². The van der Waals surface area contributed by atoms with Crippen molar-refractivity contribution >= 4 is 12.9 Å². The predicted molar refractivity (Wildman–Crippen MR) is 41.2 cm³/mol. The summed E-state index contributed by atoms with van der Waals surface area (Å²) in [5, 5.41) is 6.85. The van der Waals surface area contributed by atoms with E-state index in [0.717, 1.165) is 5.70 Å². The average Bonchev–Trinajstić information content (AvgIpc) is 1.90. The molecular weight excluding hydrogens is 112 g/mol. The molecule has 0 bridgehead atoms. The van der Waals surface area contributed by atoms with E-state index in [-0.39, 0.29) is 0 Å². The molecule has 0 atom stereocenters. The van der Waals surface area contributed by atoms with Crippen LogP contribution in [0.2, 0.25) is 0 Å². The minimum atomic E-state index is 0.713. The Morgan fingerprint density at radius 2 is 2.22 bits per heavy atom. The molecule has 1 N–H and O–H groups in total. The number of rotatable bonds is 3. The second-order valence-electron chi connectivity index (χ2n) is 1.55. The lowest BCUT2D eigenvalue weighted by Crippen LogP contribution is -1.81. The van der Waals surface area contributed by atoms with Gasteiger partial charge in [-0.25, -0.2) is 0 Å². The van der Waals surface area contributed by atoms with Crippen LogP contribution in [0.5, 0.6) is 0 Å². The van der Waals surface area contributed by atoms with Crippen molar-refractivity contribution in [3.05, 3.63) is 23.9 Å². The zero-order valence-corrected chi connectivity index (χ0v) is 5.52. The summed E-state index contributed by atoms with van der Waals surface area (Å²) in [7, 11) is 0. The highest BCUT2D eigenvalue weighted by Gasteiger charge is 1.88. The molecule has 0 aliphatic heterocycles. The second kappa shape index (κ2) is 3.78. The molecule has 0 spiro atoms. The molecule has 9 heavy (non-hydrogen) atoms. The topological polar surface area (TPSA) is 36.2 Å². The predicted octanol–water partition coefficient (Wildman–Crippen LogP) is 1.80. The quantitative estimate of drug-likeness (QED) is 0.437. The molecule has 0 aromatic heterocycles. The lowest BCUT2D eigenvalue weighted by molar-refractivity contribution is 1.30. The summed E-state index contributed by atoms with van der Waals surface area (Å²) in [6.45, 7) is 8.61. The first-order chi connectivity index (χ1) is 4.26. The Bertz CT molecular complexity index is 156. The third-order valence-corrected chi connectivity index (χ3v) is 1.03. The van der Waals surface area contributed by atoms with Gasteiger partial charge < -0.3 is 5.41 Å². The van der Waals surface area contributed by atoms with Crippen molar-refractivity contribution in [3.8, 4) is 0 Å². The first kappa shape index (κ1) is 7.82. The summed E-state index contributed by atoms with van der Waals surface area (Å²) in [4.78, 5) is 3.64. The van der Waals surface area contributed by atoms with Crippen LogP contribution in [0.4, 0.5) is 0 Å². The van der Waals surface area contributed by atoms with Crippen LogP contribution in [0.3, 0.4) is 0 Å². The first-order valence-corrected chi connectivity index (χ1v) is 2.56. The highest BCUT2D eigenvalue weighted by molar-refractivity contribution is 5.80. The number of nitrogens with zero attached hydrogens (tertiary/aromatic N) is 1. The Labute approximate surface area is 55.1 Å². The van der Waals surface area contributed by atoms with Crippen molar-refractivity contribution in [2.24, 2.45) is 4.99 Å². The van der Waals surface area contributed by atoms with Crippen LogP contribution >= 0.6 is 0 Å². The minimum Gasteiger partial charge on any atom is -0.308 e. The van der Waals surface area contributed by atoms with Gasteiger partial charge in [0.2, 0.25) is 0 Å². The Morgan fingerprint density at radius 1 is 1.67 bits per heavy atom. The average molecular weight is 122 g/mol. The van der Waals surface area contributed by atoms with E-state index in [1.54, 1.807) is 13.0 Å². The van der Waals surface area contributed by atoms with Gasteiger partial charge in [0, 0.05) is 17.5 Å². The minimum absolute atomic E-state index is 0.713. The summed E-state index contributed by atoms with van der Waals surface area (Å²) in [5.41, 5.74) is 1.45. The number of nitrogens with one attached hydrogen (secondary N) is 1. The number of allylic oxidation sites excluding steroid dienone is 3. The molecule has 0 saturated carbocycles. The van der Waals surface area contributed by atoms with Gasteiger partial charge >= 0.3 is 0 Å². The monoisotopic (exact) mass is 122 g/mol. The van der Waals surface area contributed by atoms with Gasteiger partial charge in [-0.05, 0) is 13.6 Å². The zero-order chi connectivity index (χ0) is 7.28. The smallest absolute Gasteiger partial charge is 0.0452 e. The third kappa shape index (κ3) is 2.04. The van der Waals surface area contributed by atoms with E-state index in [1.165, 1.54) is 6.21 Å². The number of hydrogen-bond donors (Lipinski definition) is 1. The highest BCUT2D eigenvalue weighted by Crippen LogP contribution is 2.01. The van der Waals surface area contributed by atoms with Crippen LogP contribution in [-0.4, -0.2) is 12.9 Å². The summed E-state index contributed by atoms with van der Waals surface area (Å²) in [5.74, 6) is 0. The summed E-state index contributed by atoms with van der Waals surface area (Å²) in [6, 6.07) is 0. The Balaban J connectivity index is 4.56. The van der Waals surface area contributed by atoms with Crippen molar-refractivity contribution in [2.75, 3.05) is 0 Å². The van der Waals surface area contributed by atoms with Gasteiger partial charge in [0.1, 0.15) is 0 Å². The molecule has 0 aromatic rings.